The van der Waals surface area contributed by atoms with E-state index < -0.39 is 24.8 Å². The summed E-state index contributed by atoms with van der Waals surface area (Å²) in [7, 11) is 0. The number of anilines is 2. The van der Waals surface area contributed by atoms with Gasteiger partial charge in [-0.1, -0.05) is 23.7 Å². The first-order valence-electron chi connectivity index (χ1n) is 10.1. The summed E-state index contributed by atoms with van der Waals surface area (Å²) >= 11 is 6.32. The Morgan fingerprint density at radius 2 is 1.88 bits per heavy atom. The zero-order chi connectivity index (χ0) is 23.8. The number of pyridine rings is 1. The lowest BCUT2D eigenvalue weighted by atomic mass is 10.0. The summed E-state index contributed by atoms with van der Waals surface area (Å²) in [4.78, 5) is 18.2. The fraction of sp³-hybridized carbons (Fsp3) is 0.304. The Bertz CT molecular complexity index is 1160. The zero-order valence-electron chi connectivity index (χ0n) is 17.4. The molecule has 0 amide bonds. The molecule has 3 aromatic rings. The molecule has 2 aromatic carbocycles. The number of carbonyl (C=O) groups is 1. The van der Waals surface area contributed by atoms with Crippen LogP contribution in [-0.4, -0.2) is 40.7 Å². The summed E-state index contributed by atoms with van der Waals surface area (Å²) < 4.78 is 47.6. The lowest BCUT2D eigenvalue weighted by molar-refractivity contribution is -0.274. The zero-order valence-corrected chi connectivity index (χ0v) is 18.2. The normalized spacial score (nSPS) is 21.1. The number of Topliss-reactive ketones (excluding diaryl/α,β-unsaturated/α-hetero) is 1. The van der Waals surface area contributed by atoms with E-state index in [4.69, 9.17) is 16.3 Å². The minimum Gasteiger partial charge on any atom is -0.406 e. The first-order valence-corrected chi connectivity index (χ1v) is 10.5. The van der Waals surface area contributed by atoms with Crippen molar-refractivity contribution in [2.45, 2.75) is 44.6 Å². The molecule has 3 unspecified atom stereocenters. The lowest BCUT2D eigenvalue weighted by Crippen LogP contribution is -2.46. The second kappa shape index (κ2) is 9.17. The fourth-order valence-electron chi connectivity index (χ4n) is 3.79. The molecule has 33 heavy (non-hydrogen) atoms. The number of hydrogen-bond acceptors (Lipinski definition) is 6. The van der Waals surface area contributed by atoms with E-state index >= 15 is 0 Å². The van der Waals surface area contributed by atoms with Gasteiger partial charge < -0.3 is 14.6 Å². The number of aromatic nitrogens is 1. The van der Waals surface area contributed by atoms with Crippen molar-refractivity contribution in [2.24, 2.45) is 0 Å². The third-order valence-electron chi connectivity index (χ3n) is 5.27. The number of halogens is 4. The molecule has 174 valence electrons. The van der Waals surface area contributed by atoms with E-state index in [0.29, 0.717) is 22.0 Å². The molecule has 0 aliphatic carbocycles. The van der Waals surface area contributed by atoms with Gasteiger partial charge in [0.2, 0.25) is 0 Å². The van der Waals surface area contributed by atoms with Crippen LogP contribution in [0, 0.1) is 0 Å². The highest BCUT2D eigenvalue weighted by molar-refractivity contribution is 6.35. The first kappa shape index (κ1) is 23.3. The fourth-order valence-corrected chi connectivity index (χ4v) is 4.02. The average molecular weight is 481 g/mol. The number of carbonyl (C=O) groups excluding carboxylic acids is 1. The maximum atomic E-state index is 12.6. The largest absolute Gasteiger partial charge is 0.573 e. The highest BCUT2D eigenvalue weighted by Crippen LogP contribution is 2.36. The van der Waals surface area contributed by atoms with E-state index in [2.05, 4.69) is 9.72 Å². The number of aliphatic hydroxyl groups excluding tert-OH is 1. The van der Waals surface area contributed by atoms with Crippen molar-refractivity contribution >= 4 is 39.8 Å². The van der Waals surface area contributed by atoms with Gasteiger partial charge >= 0.3 is 6.36 Å². The summed E-state index contributed by atoms with van der Waals surface area (Å²) in [6, 6.07) is 14.0. The smallest absolute Gasteiger partial charge is 0.406 e. The van der Waals surface area contributed by atoms with E-state index in [9.17, 15) is 23.1 Å². The Hall–Kier alpha value is -2.88. The van der Waals surface area contributed by atoms with Crippen molar-refractivity contribution in [3.8, 4) is 5.75 Å². The van der Waals surface area contributed by atoms with E-state index in [1.807, 2.05) is 6.07 Å². The molecular formula is C23H20ClF3N2O4. The molecule has 1 fully saturated rings. The highest BCUT2D eigenvalue weighted by atomic mass is 35.5. The van der Waals surface area contributed by atoms with Crippen LogP contribution in [0.3, 0.4) is 0 Å². The predicted octanol–water partition coefficient (Wildman–Crippen LogP) is 5.38. The average Bonchev–Trinajstić information content (AvgIpc) is 2.74. The lowest BCUT2D eigenvalue weighted by Gasteiger charge is -2.39. The summed E-state index contributed by atoms with van der Waals surface area (Å²) in [6.45, 7) is 1.38. The molecule has 10 heteroatoms. The molecule has 0 spiro atoms. The monoisotopic (exact) mass is 480 g/mol. The van der Waals surface area contributed by atoms with Crippen LogP contribution in [0.25, 0.3) is 10.9 Å². The molecular weight excluding hydrogens is 461 g/mol. The number of ketones is 1. The molecule has 1 aliphatic heterocycles. The van der Waals surface area contributed by atoms with E-state index in [0.717, 1.165) is 5.39 Å². The Morgan fingerprint density at radius 3 is 2.55 bits per heavy atom. The molecule has 6 nitrogen and oxygen atoms in total. The van der Waals surface area contributed by atoms with Crippen molar-refractivity contribution in [2.75, 3.05) is 4.90 Å². The minimum absolute atomic E-state index is 0.160. The quantitative estimate of drug-likeness (QED) is 0.528. The number of hydrogen-bond donors (Lipinski definition) is 1. The van der Waals surface area contributed by atoms with Crippen LogP contribution in [0.1, 0.15) is 19.8 Å². The third kappa shape index (κ3) is 5.38. The van der Waals surface area contributed by atoms with Gasteiger partial charge in [-0.2, -0.15) is 0 Å². The molecule has 0 saturated carbocycles. The number of benzene rings is 2. The van der Waals surface area contributed by atoms with E-state index in [1.54, 1.807) is 29.2 Å². The summed E-state index contributed by atoms with van der Waals surface area (Å²) in [5.74, 6) is -0.226. The first-order chi connectivity index (χ1) is 15.6. The van der Waals surface area contributed by atoms with Crippen LogP contribution in [0.2, 0.25) is 5.02 Å². The molecule has 1 aliphatic rings. The molecule has 1 saturated heterocycles. The van der Waals surface area contributed by atoms with Gasteiger partial charge in [0, 0.05) is 23.9 Å². The van der Waals surface area contributed by atoms with Crippen LogP contribution in [-0.2, 0) is 9.53 Å². The van der Waals surface area contributed by atoms with Gasteiger partial charge in [0.05, 0.1) is 16.6 Å². The molecule has 1 N–H and O–H groups in total. The van der Waals surface area contributed by atoms with E-state index in [1.165, 1.54) is 31.2 Å². The number of fused-ring (bicyclic) bond motifs is 1. The minimum atomic E-state index is -4.82. The Balaban J connectivity index is 1.77. The number of alkyl halides is 3. The topological polar surface area (TPSA) is 71.9 Å². The van der Waals surface area contributed by atoms with Crippen molar-refractivity contribution in [3.63, 3.8) is 0 Å². The maximum absolute atomic E-state index is 12.6. The van der Waals surface area contributed by atoms with Crippen molar-refractivity contribution in [1.29, 1.82) is 0 Å². The van der Waals surface area contributed by atoms with Crippen molar-refractivity contribution in [3.05, 3.63) is 59.6 Å². The van der Waals surface area contributed by atoms with Crippen LogP contribution >= 0.6 is 11.6 Å². The van der Waals surface area contributed by atoms with Gasteiger partial charge in [0.25, 0.3) is 0 Å². The molecule has 4 rings (SSSR count). The summed E-state index contributed by atoms with van der Waals surface area (Å²) in [5, 5.41) is 11.6. The van der Waals surface area contributed by atoms with Gasteiger partial charge in [-0.05, 0) is 49.4 Å². The molecule has 0 radical (unpaired) electrons. The highest BCUT2D eigenvalue weighted by Gasteiger charge is 2.36. The van der Waals surface area contributed by atoms with Gasteiger partial charge in [-0.25, -0.2) is 4.98 Å². The maximum Gasteiger partial charge on any atom is 0.573 e. The second-order valence-corrected chi connectivity index (χ2v) is 8.12. The van der Waals surface area contributed by atoms with Gasteiger partial charge in [0.1, 0.15) is 23.9 Å². The number of rotatable bonds is 5. The Morgan fingerprint density at radius 1 is 1.15 bits per heavy atom. The Labute approximate surface area is 192 Å². The number of aliphatic hydroxyl groups is 1. The molecule has 3 atom stereocenters. The Kier molecular flexibility index (Phi) is 6.47. The molecule has 1 aromatic heterocycles. The molecule has 2 heterocycles. The summed E-state index contributed by atoms with van der Waals surface area (Å²) in [6.07, 6.45) is -6.93. The van der Waals surface area contributed by atoms with Gasteiger partial charge in [-0.3, -0.25) is 9.69 Å². The number of ether oxygens (including phenoxy) is 2. The van der Waals surface area contributed by atoms with Gasteiger partial charge in [-0.15, -0.1) is 13.2 Å². The van der Waals surface area contributed by atoms with Crippen LogP contribution in [0.15, 0.2) is 54.6 Å². The second-order valence-electron chi connectivity index (χ2n) is 7.71. The summed E-state index contributed by atoms with van der Waals surface area (Å²) in [5.41, 5.74) is 0.961. The molecule has 0 bridgehead atoms. The number of nitrogens with zero attached hydrogens (tertiary/aromatic N) is 2. The standard InChI is InChI=1S/C23H20ClF3N2O4/c1-13(30)19-11-16(31)12-21(32-19)29(15-6-8-17(9-7-15)33-23(25,26)27)20-10-5-14-3-2-4-18(24)22(14)28-20/h2-10,16,19,21,31H,11-12H2,1H3. The van der Waals surface area contributed by atoms with Crippen LogP contribution in [0.5, 0.6) is 5.75 Å². The van der Waals surface area contributed by atoms with Crippen molar-refractivity contribution < 1.29 is 32.5 Å². The van der Waals surface area contributed by atoms with E-state index in [-0.39, 0.29) is 24.4 Å². The van der Waals surface area contributed by atoms with Crippen LogP contribution < -0.4 is 9.64 Å². The van der Waals surface area contributed by atoms with Gasteiger partial charge in [0.15, 0.2) is 5.78 Å². The van der Waals surface area contributed by atoms with Crippen molar-refractivity contribution in [1.82, 2.24) is 4.98 Å². The number of para-hydroxylation sites is 1. The predicted molar refractivity (Wildman–Crippen MR) is 117 cm³/mol. The third-order valence-corrected chi connectivity index (χ3v) is 5.58. The SMILES string of the molecule is CC(=O)C1CC(O)CC(N(c2ccc(OC(F)(F)F)cc2)c2ccc3cccc(Cl)c3n2)O1. The van der Waals surface area contributed by atoms with Crippen LogP contribution in [0.4, 0.5) is 24.7 Å².